The summed E-state index contributed by atoms with van der Waals surface area (Å²) in [6, 6.07) is 0.141. The third-order valence-electron chi connectivity index (χ3n) is 6.47. The first-order valence-corrected chi connectivity index (χ1v) is 12.6. The van der Waals surface area contributed by atoms with Crippen LogP contribution in [-0.2, 0) is 32.0 Å². The second kappa shape index (κ2) is 12.9. The summed E-state index contributed by atoms with van der Waals surface area (Å²) in [5.74, 6) is 0.303. The molecule has 1 aromatic rings. The highest BCUT2D eigenvalue weighted by Crippen LogP contribution is 2.41. The van der Waals surface area contributed by atoms with E-state index >= 15 is 0 Å². The van der Waals surface area contributed by atoms with Crippen molar-refractivity contribution in [3.63, 3.8) is 0 Å². The molecule has 1 saturated heterocycles. The molecule has 2 aliphatic rings. The smallest absolute Gasteiger partial charge is 0.341 e. The van der Waals surface area contributed by atoms with E-state index in [-0.39, 0.29) is 24.6 Å². The number of rotatable bonds is 12. The largest absolute Gasteiger partial charge is 0.496 e. The number of benzene rings is 1. The molecule has 3 rings (SSSR count). The molecular formula is C27H40N2O6. The third-order valence-corrected chi connectivity index (χ3v) is 6.47. The van der Waals surface area contributed by atoms with Gasteiger partial charge in [0.25, 0.3) is 0 Å². The van der Waals surface area contributed by atoms with Crippen molar-refractivity contribution in [2.45, 2.75) is 66.0 Å². The number of allylic oxidation sites excluding steroid dienone is 2. The molecule has 0 aliphatic carbocycles. The maximum Gasteiger partial charge on any atom is 0.341 e. The number of morpholine rings is 1. The van der Waals surface area contributed by atoms with Crippen LogP contribution in [0.4, 0.5) is 5.69 Å². The minimum absolute atomic E-state index is 0.141. The molecule has 1 aromatic carbocycles. The van der Waals surface area contributed by atoms with Gasteiger partial charge < -0.3 is 24.3 Å². The van der Waals surface area contributed by atoms with E-state index in [1.165, 1.54) is 0 Å². The maximum absolute atomic E-state index is 12.5. The number of carbonyl (C=O) groups is 2. The molecule has 2 aliphatic heterocycles. The topological polar surface area (TPSA) is 86.3 Å². The minimum atomic E-state index is -0.299. The van der Waals surface area contributed by atoms with Crippen LogP contribution in [0, 0.1) is 6.92 Å². The number of hydrogen-bond donors (Lipinski definition) is 1. The van der Waals surface area contributed by atoms with Gasteiger partial charge in [0, 0.05) is 43.2 Å². The molecule has 0 saturated carbocycles. The second-order valence-electron chi connectivity index (χ2n) is 9.52. The van der Waals surface area contributed by atoms with Gasteiger partial charge in [0.1, 0.15) is 12.4 Å². The van der Waals surface area contributed by atoms with E-state index in [4.69, 9.17) is 18.9 Å². The molecule has 35 heavy (non-hydrogen) atoms. The Hall–Kier alpha value is -2.58. The molecule has 0 bridgehead atoms. The summed E-state index contributed by atoms with van der Waals surface area (Å²) in [6.45, 7) is 13.2. The van der Waals surface area contributed by atoms with Gasteiger partial charge in [0.05, 0.1) is 38.2 Å². The van der Waals surface area contributed by atoms with E-state index in [2.05, 4.69) is 16.3 Å². The number of fused-ring (bicyclic) bond motifs is 1. The lowest BCUT2D eigenvalue weighted by atomic mass is 9.93. The van der Waals surface area contributed by atoms with Crippen molar-refractivity contribution in [2.75, 3.05) is 51.9 Å². The molecular weight excluding hydrogens is 448 g/mol. The SMILES string of the molecule is COc1c(C)c2c(c(NC(C)C)c1CC=C(C)CCC(=O)OCCCN1CCOCC1)C(=O)OC2. The van der Waals surface area contributed by atoms with E-state index < -0.39 is 0 Å². The van der Waals surface area contributed by atoms with Gasteiger partial charge in [-0.15, -0.1) is 0 Å². The summed E-state index contributed by atoms with van der Waals surface area (Å²) in [5.41, 5.74) is 5.23. The predicted octanol–water partition coefficient (Wildman–Crippen LogP) is 4.03. The molecule has 0 unspecified atom stereocenters. The Morgan fingerprint density at radius 1 is 1.23 bits per heavy atom. The highest BCUT2D eigenvalue weighted by molar-refractivity contribution is 6.01. The molecule has 8 nitrogen and oxygen atoms in total. The van der Waals surface area contributed by atoms with Gasteiger partial charge in [-0.25, -0.2) is 4.79 Å². The van der Waals surface area contributed by atoms with Crippen LogP contribution in [0.15, 0.2) is 11.6 Å². The fourth-order valence-corrected chi connectivity index (χ4v) is 4.55. The van der Waals surface area contributed by atoms with E-state index in [1.54, 1.807) is 7.11 Å². The molecule has 8 heteroatoms. The monoisotopic (exact) mass is 488 g/mol. The van der Waals surface area contributed by atoms with Crippen LogP contribution in [0.25, 0.3) is 0 Å². The van der Waals surface area contributed by atoms with Crippen LogP contribution in [0.2, 0.25) is 0 Å². The van der Waals surface area contributed by atoms with Crippen molar-refractivity contribution in [3.05, 3.63) is 33.9 Å². The van der Waals surface area contributed by atoms with Crippen molar-refractivity contribution < 1.29 is 28.5 Å². The predicted molar refractivity (Wildman–Crippen MR) is 135 cm³/mol. The highest BCUT2D eigenvalue weighted by Gasteiger charge is 2.32. The molecule has 0 atom stereocenters. The van der Waals surface area contributed by atoms with Crippen molar-refractivity contribution >= 4 is 17.6 Å². The number of cyclic esters (lactones) is 1. The molecule has 1 N–H and O–H groups in total. The van der Waals surface area contributed by atoms with Gasteiger partial charge in [-0.1, -0.05) is 11.6 Å². The van der Waals surface area contributed by atoms with Crippen LogP contribution in [-0.4, -0.2) is 69.4 Å². The molecule has 1 fully saturated rings. The Kier molecular flexibility index (Phi) is 9.98. The van der Waals surface area contributed by atoms with Gasteiger partial charge in [-0.2, -0.15) is 0 Å². The zero-order valence-corrected chi connectivity index (χ0v) is 21.8. The summed E-state index contributed by atoms with van der Waals surface area (Å²) >= 11 is 0. The summed E-state index contributed by atoms with van der Waals surface area (Å²) in [4.78, 5) is 27.0. The maximum atomic E-state index is 12.5. The number of hydrogen-bond acceptors (Lipinski definition) is 8. The van der Waals surface area contributed by atoms with E-state index in [1.807, 2.05) is 27.7 Å². The zero-order valence-electron chi connectivity index (χ0n) is 21.8. The fraction of sp³-hybridized carbons (Fsp3) is 0.630. The third kappa shape index (κ3) is 7.21. The molecule has 0 amide bonds. The quantitative estimate of drug-likeness (QED) is 0.268. The number of anilines is 1. The number of nitrogens with one attached hydrogen (secondary N) is 1. The average Bonchev–Trinajstić information content (AvgIpc) is 3.23. The summed E-state index contributed by atoms with van der Waals surface area (Å²) < 4.78 is 21.9. The summed E-state index contributed by atoms with van der Waals surface area (Å²) in [7, 11) is 1.65. The Morgan fingerprint density at radius 3 is 2.66 bits per heavy atom. The Balaban J connectivity index is 1.58. The van der Waals surface area contributed by atoms with Gasteiger partial charge >= 0.3 is 11.9 Å². The van der Waals surface area contributed by atoms with Gasteiger partial charge in [0.2, 0.25) is 0 Å². The first kappa shape index (κ1) is 27.0. The van der Waals surface area contributed by atoms with Crippen LogP contribution in [0.1, 0.15) is 67.1 Å². The first-order valence-electron chi connectivity index (χ1n) is 12.6. The van der Waals surface area contributed by atoms with Crippen molar-refractivity contribution in [2.24, 2.45) is 0 Å². The van der Waals surface area contributed by atoms with Gasteiger partial charge in [-0.3, -0.25) is 9.69 Å². The highest BCUT2D eigenvalue weighted by atomic mass is 16.5. The molecule has 194 valence electrons. The number of methoxy groups -OCH3 is 1. The molecule has 0 spiro atoms. The number of esters is 2. The van der Waals surface area contributed by atoms with E-state index in [0.717, 1.165) is 73.0 Å². The number of carbonyl (C=O) groups excluding carboxylic acids is 2. The van der Waals surface area contributed by atoms with E-state index in [0.29, 0.717) is 31.4 Å². The lowest BCUT2D eigenvalue weighted by Crippen LogP contribution is -2.37. The minimum Gasteiger partial charge on any atom is -0.496 e. The Bertz CT molecular complexity index is 934. The van der Waals surface area contributed by atoms with Crippen molar-refractivity contribution in [3.8, 4) is 5.75 Å². The van der Waals surface area contributed by atoms with Crippen molar-refractivity contribution in [1.29, 1.82) is 0 Å². The average molecular weight is 489 g/mol. The standard InChI is InChI=1S/C27H40N2O6/c1-18(2)28-25-21(26(32-5)20(4)22-17-35-27(31)24(22)25)9-7-19(3)8-10-23(30)34-14-6-11-29-12-15-33-16-13-29/h7,18,28H,6,8-17H2,1-5H3. The van der Waals surface area contributed by atoms with Gasteiger partial charge in [-0.05, 0) is 52.5 Å². The summed E-state index contributed by atoms with van der Waals surface area (Å²) in [5, 5.41) is 3.44. The van der Waals surface area contributed by atoms with Crippen LogP contribution < -0.4 is 10.1 Å². The lowest BCUT2D eigenvalue weighted by Gasteiger charge is -2.26. The zero-order chi connectivity index (χ0) is 25.4. The van der Waals surface area contributed by atoms with E-state index in [9.17, 15) is 9.59 Å². The van der Waals surface area contributed by atoms with Gasteiger partial charge in [0.15, 0.2) is 0 Å². The Morgan fingerprint density at radius 2 is 1.97 bits per heavy atom. The first-order chi connectivity index (χ1) is 16.8. The summed E-state index contributed by atoms with van der Waals surface area (Å²) in [6.07, 6.45) is 4.50. The Labute approximate surface area is 208 Å². The lowest BCUT2D eigenvalue weighted by molar-refractivity contribution is -0.143. The van der Waals surface area contributed by atoms with Crippen molar-refractivity contribution in [1.82, 2.24) is 4.90 Å². The second-order valence-corrected chi connectivity index (χ2v) is 9.52. The fourth-order valence-electron chi connectivity index (χ4n) is 4.55. The molecule has 2 heterocycles. The molecule has 0 aromatic heterocycles. The normalized spacial score (nSPS) is 16.3. The van der Waals surface area contributed by atoms with Crippen LogP contribution in [0.5, 0.6) is 5.75 Å². The number of ether oxygens (including phenoxy) is 4. The number of nitrogens with zero attached hydrogens (tertiary/aromatic N) is 1. The van der Waals surface area contributed by atoms with Crippen LogP contribution >= 0.6 is 0 Å². The van der Waals surface area contributed by atoms with Crippen LogP contribution in [0.3, 0.4) is 0 Å². The molecule has 0 radical (unpaired) electrons.